The Hall–Kier alpha value is -1.73. The van der Waals surface area contributed by atoms with E-state index in [2.05, 4.69) is 15.3 Å². The van der Waals surface area contributed by atoms with E-state index in [1.165, 1.54) is 0 Å². The number of hydrogen-bond donors (Lipinski definition) is 1. The van der Waals surface area contributed by atoms with Crippen LogP contribution in [0.3, 0.4) is 0 Å². The number of nitrogens with zero attached hydrogens (tertiary/aromatic N) is 4. The summed E-state index contributed by atoms with van der Waals surface area (Å²) in [5.74, 6) is 0.968. The monoisotopic (exact) mass is 291 g/mol. The molecule has 0 radical (unpaired) electrons. The lowest BCUT2D eigenvalue weighted by Crippen LogP contribution is -2.49. The molecule has 0 saturated carbocycles. The summed E-state index contributed by atoms with van der Waals surface area (Å²) >= 11 is 1.58. The average molecular weight is 291 g/mol. The summed E-state index contributed by atoms with van der Waals surface area (Å²) in [6, 6.07) is 2.00. The molecule has 20 heavy (non-hydrogen) atoms. The quantitative estimate of drug-likeness (QED) is 0.895. The molecule has 0 bridgehead atoms. The van der Waals surface area contributed by atoms with E-state index in [4.69, 9.17) is 0 Å². The van der Waals surface area contributed by atoms with Crippen molar-refractivity contribution in [3.05, 3.63) is 17.8 Å². The number of amides is 1. The number of fused-ring (bicyclic) bond motifs is 1. The molecule has 2 aromatic rings. The molecule has 106 valence electrons. The van der Waals surface area contributed by atoms with Crippen LogP contribution in [0.5, 0.6) is 0 Å². The van der Waals surface area contributed by atoms with Gasteiger partial charge in [-0.05, 0) is 11.4 Å². The molecule has 6 nitrogen and oxygen atoms in total. The molecule has 0 atom stereocenters. The molecule has 3 rings (SSSR count). The van der Waals surface area contributed by atoms with E-state index in [-0.39, 0.29) is 5.91 Å². The van der Waals surface area contributed by atoms with Crippen LogP contribution in [-0.4, -0.2) is 60.5 Å². The predicted molar refractivity (Wildman–Crippen MR) is 80.1 cm³/mol. The largest absolute Gasteiger partial charge is 0.350 e. The van der Waals surface area contributed by atoms with Gasteiger partial charge in [0, 0.05) is 33.2 Å². The summed E-state index contributed by atoms with van der Waals surface area (Å²) in [7, 11) is 1.90. The zero-order valence-electron chi connectivity index (χ0n) is 11.4. The van der Waals surface area contributed by atoms with Crippen LogP contribution in [0, 0.1) is 0 Å². The maximum Gasteiger partial charge on any atom is 0.242 e. The molecular weight excluding hydrogens is 274 g/mol. The first-order chi connectivity index (χ1) is 9.75. The molecule has 1 saturated heterocycles. The number of likely N-dealkylation sites (N-methyl/N-ethyl adjacent to an activating group) is 1. The third kappa shape index (κ3) is 2.59. The molecule has 0 aromatic carbocycles. The van der Waals surface area contributed by atoms with Gasteiger partial charge in [-0.1, -0.05) is 0 Å². The number of thiophene rings is 1. The van der Waals surface area contributed by atoms with Crippen molar-refractivity contribution in [2.24, 2.45) is 0 Å². The van der Waals surface area contributed by atoms with E-state index in [1.807, 2.05) is 28.3 Å². The molecular formula is C13H17N5OS. The number of piperazine rings is 1. The van der Waals surface area contributed by atoms with Gasteiger partial charge < -0.3 is 15.1 Å². The maximum absolute atomic E-state index is 12.3. The number of nitrogens with one attached hydrogen (secondary N) is 1. The zero-order chi connectivity index (χ0) is 13.9. The molecule has 1 N–H and O–H groups in total. The van der Waals surface area contributed by atoms with Crippen molar-refractivity contribution >= 4 is 33.3 Å². The minimum atomic E-state index is 0.149. The fourth-order valence-electron chi connectivity index (χ4n) is 2.37. The minimum absolute atomic E-state index is 0.149. The fraction of sp³-hybridized carbons (Fsp3) is 0.462. The Bertz CT molecular complexity index is 608. The number of rotatable bonds is 3. The molecule has 7 heteroatoms. The van der Waals surface area contributed by atoms with Gasteiger partial charge in [0.2, 0.25) is 5.91 Å². The standard InChI is InChI=1S/C13H17N5OS/c1-17(8-11(19)18-5-3-14-4-6-18)12-10-2-7-20-13(10)16-9-15-12/h2,7,9,14H,3-6,8H2,1H3. The van der Waals surface area contributed by atoms with Gasteiger partial charge in [-0.2, -0.15) is 0 Å². The fourth-order valence-corrected chi connectivity index (χ4v) is 3.10. The van der Waals surface area contributed by atoms with Gasteiger partial charge in [-0.3, -0.25) is 4.79 Å². The van der Waals surface area contributed by atoms with Crippen molar-refractivity contribution in [3.63, 3.8) is 0 Å². The molecule has 1 aliphatic heterocycles. The van der Waals surface area contributed by atoms with Crippen LogP contribution in [0.1, 0.15) is 0 Å². The van der Waals surface area contributed by atoms with E-state index >= 15 is 0 Å². The van der Waals surface area contributed by atoms with E-state index in [0.717, 1.165) is 42.2 Å². The van der Waals surface area contributed by atoms with Gasteiger partial charge >= 0.3 is 0 Å². The van der Waals surface area contributed by atoms with E-state index in [0.29, 0.717) is 6.54 Å². The molecule has 0 aliphatic carbocycles. The summed E-state index contributed by atoms with van der Waals surface area (Å²) < 4.78 is 0. The average Bonchev–Trinajstić information content (AvgIpc) is 2.96. The lowest BCUT2D eigenvalue weighted by atomic mass is 10.3. The van der Waals surface area contributed by atoms with Gasteiger partial charge in [0.05, 0.1) is 11.9 Å². The Morgan fingerprint density at radius 2 is 2.25 bits per heavy atom. The van der Waals surface area contributed by atoms with Gasteiger partial charge in [-0.25, -0.2) is 9.97 Å². The Morgan fingerprint density at radius 1 is 1.45 bits per heavy atom. The first-order valence-electron chi connectivity index (χ1n) is 6.63. The topological polar surface area (TPSA) is 61.4 Å². The summed E-state index contributed by atoms with van der Waals surface area (Å²) in [5.41, 5.74) is 0. The van der Waals surface area contributed by atoms with Crippen LogP contribution in [0.2, 0.25) is 0 Å². The summed E-state index contributed by atoms with van der Waals surface area (Å²) in [6.07, 6.45) is 1.56. The molecule has 3 heterocycles. The predicted octanol–water partition coefficient (Wildman–Crippen LogP) is 0.559. The number of hydrogen-bond acceptors (Lipinski definition) is 6. The van der Waals surface area contributed by atoms with Crippen molar-refractivity contribution < 1.29 is 4.79 Å². The van der Waals surface area contributed by atoms with E-state index < -0.39 is 0 Å². The first-order valence-corrected chi connectivity index (χ1v) is 7.51. The SMILES string of the molecule is CN(CC(=O)N1CCNCC1)c1ncnc2sccc12. The molecule has 1 fully saturated rings. The van der Waals surface area contributed by atoms with Crippen LogP contribution in [0.25, 0.3) is 10.2 Å². The normalized spacial score (nSPS) is 15.6. The Morgan fingerprint density at radius 3 is 3.05 bits per heavy atom. The Balaban J connectivity index is 1.73. The number of aromatic nitrogens is 2. The molecule has 2 aromatic heterocycles. The number of carbonyl (C=O) groups is 1. The highest BCUT2D eigenvalue weighted by atomic mass is 32.1. The van der Waals surface area contributed by atoms with Gasteiger partial charge in [0.25, 0.3) is 0 Å². The third-order valence-corrected chi connectivity index (χ3v) is 4.27. The lowest BCUT2D eigenvalue weighted by Gasteiger charge is -2.29. The van der Waals surface area contributed by atoms with Crippen LogP contribution in [0.4, 0.5) is 5.82 Å². The molecule has 0 unspecified atom stereocenters. The second kappa shape index (κ2) is 5.72. The number of carbonyl (C=O) groups excluding carboxylic acids is 1. The van der Waals surface area contributed by atoms with Crippen LogP contribution < -0.4 is 10.2 Å². The third-order valence-electron chi connectivity index (χ3n) is 3.44. The van der Waals surface area contributed by atoms with E-state index in [1.54, 1.807) is 17.7 Å². The minimum Gasteiger partial charge on any atom is -0.350 e. The summed E-state index contributed by atoms with van der Waals surface area (Å²) in [6.45, 7) is 3.66. The van der Waals surface area contributed by atoms with Crippen molar-refractivity contribution in [1.29, 1.82) is 0 Å². The smallest absolute Gasteiger partial charge is 0.242 e. The lowest BCUT2D eigenvalue weighted by molar-refractivity contribution is -0.130. The van der Waals surface area contributed by atoms with Gasteiger partial charge in [-0.15, -0.1) is 11.3 Å². The van der Waals surface area contributed by atoms with Crippen molar-refractivity contribution in [3.8, 4) is 0 Å². The Kier molecular flexibility index (Phi) is 3.79. The van der Waals surface area contributed by atoms with Gasteiger partial charge in [0.15, 0.2) is 0 Å². The number of anilines is 1. The molecule has 0 spiro atoms. The highest BCUT2D eigenvalue weighted by Crippen LogP contribution is 2.25. The highest BCUT2D eigenvalue weighted by Gasteiger charge is 2.19. The van der Waals surface area contributed by atoms with Crippen molar-refractivity contribution in [1.82, 2.24) is 20.2 Å². The van der Waals surface area contributed by atoms with Crippen LogP contribution in [0.15, 0.2) is 17.8 Å². The Labute approximate surface area is 121 Å². The van der Waals surface area contributed by atoms with E-state index in [9.17, 15) is 4.79 Å². The zero-order valence-corrected chi connectivity index (χ0v) is 12.2. The maximum atomic E-state index is 12.3. The van der Waals surface area contributed by atoms with Crippen molar-refractivity contribution in [2.75, 3.05) is 44.7 Å². The van der Waals surface area contributed by atoms with Crippen molar-refractivity contribution in [2.45, 2.75) is 0 Å². The summed E-state index contributed by atoms with van der Waals surface area (Å²) in [5, 5.41) is 6.25. The molecule has 1 aliphatic rings. The van der Waals surface area contributed by atoms with Crippen LogP contribution in [-0.2, 0) is 4.79 Å². The van der Waals surface area contributed by atoms with Crippen LogP contribution >= 0.6 is 11.3 Å². The second-order valence-electron chi connectivity index (χ2n) is 4.82. The second-order valence-corrected chi connectivity index (χ2v) is 5.72. The summed E-state index contributed by atoms with van der Waals surface area (Å²) in [4.78, 5) is 25.6. The first kappa shape index (κ1) is 13.3. The van der Waals surface area contributed by atoms with Gasteiger partial charge in [0.1, 0.15) is 17.0 Å². The molecule has 1 amide bonds. The highest BCUT2D eigenvalue weighted by molar-refractivity contribution is 7.16.